The van der Waals surface area contributed by atoms with E-state index in [4.69, 9.17) is 4.74 Å². The third-order valence-corrected chi connectivity index (χ3v) is 5.17. The van der Waals surface area contributed by atoms with Gasteiger partial charge in [-0.3, -0.25) is 4.79 Å². The van der Waals surface area contributed by atoms with Gasteiger partial charge in [-0.05, 0) is 54.2 Å². The third kappa shape index (κ3) is 1.54. The Hall–Kier alpha value is -2.29. The molecule has 0 bridgehead atoms. The van der Waals surface area contributed by atoms with Crippen LogP contribution < -0.4 is 9.64 Å². The van der Waals surface area contributed by atoms with Gasteiger partial charge in [0.25, 0.3) is 0 Å². The Morgan fingerprint density at radius 2 is 1.95 bits per heavy atom. The van der Waals surface area contributed by atoms with Crippen molar-refractivity contribution in [3.8, 4) is 5.75 Å². The van der Waals surface area contributed by atoms with E-state index in [1.807, 2.05) is 31.3 Å². The zero-order valence-electron chi connectivity index (χ0n) is 12.9. The van der Waals surface area contributed by atoms with Crippen LogP contribution in [0, 0.1) is 0 Å². The first-order valence-corrected chi connectivity index (χ1v) is 7.73. The number of fused-ring (bicyclic) bond motifs is 4. The second-order valence-electron chi connectivity index (χ2n) is 6.16. The number of carbonyl (C=O) groups excluding carboxylic acids is 1. The summed E-state index contributed by atoms with van der Waals surface area (Å²) in [7, 11) is 3.54. The van der Waals surface area contributed by atoms with E-state index in [-0.39, 0.29) is 5.91 Å². The average Bonchev–Trinajstić information content (AvgIpc) is 2.78. The van der Waals surface area contributed by atoms with Gasteiger partial charge in [0.1, 0.15) is 11.2 Å². The quantitative estimate of drug-likeness (QED) is 0.807. The summed E-state index contributed by atoms with van der Waals surface area (Å²) in [6.07, 6.45) is 2.95. The number of amides is 1. The van der Waals surface area contributed by atoms with Gasteiger partial charge in [0, 0.05) is 12.7 Å². The molecule has 3 heteroatoms. The van der Waals surface area contributed by atoms with Crippen LogP contribution in [0.25, 0.3) is 0 Å². The number of anilines is 1. The molecule has 2 aliphatic rings. The zero-order chi connectivity index (χ0) is 15.3. The number of benzene rings is 2. The minimum Gasteiger partial charge on any atom is -0.497 e. The number of aryl methyl sites for hydroxylation is 1. The van der Waals surface area contributed by atoms with Crippen molar-refractivity contribution in [3.05, 3.63) is 59.2 Å². The maximum atomic E-state index is 13.2. The van der Waals surface area contributed by atoms with Crippen LogP contribution in [0.3, 0.4) is 0 Å². The Morgan fingerprint density at radius 1 is 1.14 bits per heavy atom. The molecular weight excluding hydrogens is 274 g/mol. The van der Waals surface area contributed by atoms with E-state index in [0.717, 1.165) is 36.3 Å². The molecule has 1 spiro atoms. The number of carbonyl (C=O) groups is 1. The maximum Gasteiger partial charge on any atom is 0.241 e. The molecule has 3 nitrogen and oxygen atoms in total. The van der Waals surface area contributed by atoms with E-state index in [0.29, 0.717) is 0 Å². The lowest BCUT2D eigenvalue weighted by atomic mass is 9.66. The highest BCUT2D eigenvalue weighted by Gasteiger charge is 2.52. The lowest BCUT2D eigenvalue weighted by molar-refractivity contribution is -0.122. The zero-order valence-corrected chi connectivity index (χ0v) is 12.9. The predicted octanol–water partition coefficient (Wildman–Crippen LogP) is 3.29. The van der Waals surface area contributed by atoms with Crippen molar-refractivity contribution < 1.29 is 9.53 Å². The van der Waals surface area contributed by atoms with Crippen LogP contribution in [-0.2, 0) is 16.6 Å². The van der Waals surface area contributed by atoms with Crippen LogP contribution in [0.1, 0.15) is 29.5 Å². The second-order valence-corrected chi connectivity index (χ2v) is 6.16. The summed E-state index contributed by atoms with van der Waals surface area (Å²) in [6.45, 7) is 0. The number of nitrogens with zero attached hydrogens (tertiary/aromatic N) is 1. The fourth-order valence-corrected chi connectivity index (χ4v) is 4.12. The number of hydrogen-bond donors (Lipinski definition) is 0. The molecule has 2 aromatic rings. The SMILES string of the molecule is COc1ccc2c(c1)C1(CCCc3ccccc31)C(=O)N2C. The standard InChI is InChI=1S/C19H19NO2/c1-20-17-10-9-14(22-2)12-16(17)19(18(20)21)11-5-7-13-6-3-4-8-15(13)19/h3-4,6,8-10,12H,5,7,11H2,1-2H3. The van der Waals surface area contributed by atoms with Crippen molar-refractivity contribution in [2.45, 2.75) is 24.7 Å². The number of likely N-dealkylation sites (N-methyl/N-ethyl adjacent to an activating group) is 1. The number of methoxy groups -OCH3 is 1. The molecule has 0 aromatic heterocycles. The summed E-state index contributed by atoms with van der Waals surface area (Å²) in [5, 5.41) is 0. The molecule has 1 heterocycles. The van der Waals surface area contributed by atoms with E-state index in [2.05, 4.69) is 18.2 Å². The second kappa shape index (κ2) is 4.60. The topological polar surface area (TPSA) is 29.5 Å². The molecule has 0 saturated heterocycles. The maximum absolute atomic E-state index is 13.2. The van der Waals surface area contributed by atoms with Crippen molar-refractivity contribution in [2.75, 3.05) is 19.1 Å². The monoisotopic (exact) mass is 293 g/mol. The average molecular weight is 293 g/mol. The molecule has 0 fully saturated rings. The molecular formula is C19H19NO2. The van der Waals surface area contributed by atoms with Crippen molar-refractivity contribution in [1.82, 2.24) is 0 Å². The Kier molecular flexibility index (Phi) is 2.80. The Balaban J connectivity index is 2.03. The third-order valence-electron chi connectivity index (χ3n) is 5.17. The van der Waals surface area contributed by atoms with E-state index in [9.17, 15) is 4.79 Å². The highest BCUT2D eigenvalue weighted by atomic mass is 16.5. The fraction of sp³-hybridized carbons (Fsp3) is 0.316. The normalized spacial score (nSPS) is 22.6. The molecule has 1 unspecified atom stereocenters. The smallest absolute Gasteiger partial charge is 0.241 e. The highest BCUT2D eigenvalue weighted by Crippen LogP contribution is 2.52. The largest absolute Gasteiger partial charge is 0.497 e. The summed E-state index contributed by atoms with van der Waals surface area (Å²) in [5.74, 6) is 0.993. The summed E-state index contributed by atoms with van der Waals surface area (Å²) < 4.78 is 5.40. The van der Waals surface area contributed by atoms with Crippen LogP contribution >= 0.6 is 0 Å². The summed E-state index contributed by atoms with van der Waals surface area (Å²) in [6, 6.07) is 14.3. The molecule has 0 saturated carbocycles. The van der Waals surface area contributed by atoms with E-state index in [1.54, 1.807) is 12.0 Å². The van der Waals surface area contributed by atoms with Gasteiger partial charge < -0.3 is 9.64 Å². The molecule has 0 radical (unpaired) electrons. The van der Waals surface area contributed by atoms with E-state index < -0.39 is 5.41 Å². The molecule has 1 atom stereocenters. The van der Waals surface area contributed by atoms with Gasteiger partial charge in [-0.15, -0.1) is 0 Å². The minimum absolute atomic E-state index is 0.183. The first-order chi connectivity index (χ1) is 10.7. The summed E-state index contributed by atoms with van der Waals surface area (Å²) in [4.78, 5) is 15.0. The van der Waals surface area contributed by atoms with Gasteiger partial charge in [0.15, 0.2) is 0 Å². The van der Waals surface area contributed by atoms with Crippen molar-refractivity contribution >= 4 is 11.6 Å². The Bertz CT molecular complexity index is 768. The minimum atomic E-state index is -0.534. The first-order valence-electron chi connectivity index (χ1n) is 7.73. The summed E-state index contributed by atoms with van der Waals surface area (Å²) in [5.41, 5.74) is 4.03. The summed E-state index contributed by atoms with van der Waals surface area (Å²) >= 11 is 0. The molecule has 4 rings (SSSR count). The van der Waals surface area contributed by atoms with Gasteiger partial charge >= 0.3 is 0 Å². The molecule has 1 aliphatic heterocycles. The van der Waals surface area contributed by atoms with Crippen molar-refractivity contribution in [1.29, 1.82) is 0 Å². The van der Waals surface area contributed by atoms with Gasteiger partial charge in [-0.2, -0.15) is 0 Å². The number of ether oxygens (including phenoxy) is 1. The van der Waals surface area contributed by atoms with E-state index >= 15 is 0 Å². The molecule has 1 amide bonds. The van der Waals surface area contributed by atoms with Crippen molar-refractivity contribution in [2.24, 2.45) is 0 Å². The Labute approximate surface area is 130 Å². The van der Waals surface area contributed by atoms with Crippen LogP contribution in [0.15, 0.2) is 42.5 Å². The van der Waals surface area contributed by atoms with E-state index in [1.165, 1.54) is 11.1 Å². The van der Waals surface area contributed by atoms with Crippen LogP contribution in [0.4, 0.5) is 5.69 Å². The molecule has 2 aromatic carbocycles. The number of hydrogen-bond acceptors (Lipinski definition) is 2. The van der Waals surface area contributed by atoms with Gasteiger partial charge in [0.2, 0.25) is 5.91 Å². The lowest BCUT2D eigenvalue weighted by Gasteiger charge is -2.34. The molecule has 22 heavy (non-hydrogen) atoms. The van der Waals surface area contributed by atoms with Gasteiger partial charge in [-0.25, -0.2) is 0 Å². The lowest BCUT2D eigenvalue weighted by Crippen LogP contribution is -2.42. The van der Waals surface area contributed by atoms with Gasteiger partial charge in [0.05, 0.1) is 7.11 Å². The first kappa shape index (κ1) is 13.4. The van der Waals surface area contributed by atoms with Crippen molar-refractivity contribution in [3.63, 3.8) is 0 Å². The highest BCUT2D eigenvalue weighted by molar-refractivity contribution is 6.10. The van der Waals surface area contributed by atoms with Crippen LogP contribution in [0.2, 0.25) is 0 Å². The molecule has 112 valence electrons. The van der Waals surface area contributed by atoms with Crippen LogP contribution in [-0.4, -0.2) is 20.1 Å². The molecule has 1 aliphatic carbocycles. The fourth-order valence-electron chi connectivity index (χ4n) is 4.12. The van der Waals surface area contributed by atoms with Gasteiger partial charge in [-0.1, -0.05) is 24.3 Å². The van der Waals surface area contributed by atoms with Crippen LogP contribution in [0.5, 0.6) is 5.75 Å². The predicted molar refractivity (Wildman–Crippen MR) is 86.6 cm³/mol. The Morgan fingerprint density at radius 3 is 2.77 bits per heavy atom. The molecule has 0 N–H and O–H groups in total. The number of rotatable bonds is 1.